The van der Waals surface area contributed by atoms with Crippen LogP contribution < -0.4 is 10.2 Å². The third kappa shape index (κ3) is 7.60. The number of amides is 1. The van der Waals surface area contributed by atoms with E-state index in [-0.39, 0.29) is 29.6 Å². The quantitative estimate of drug-likeness (QED) is 0.198. The molecule has 250 valence electrons. The van der Waals surface area contributed by atoms with E-state index in [0.717, 1.165) is 11.1 Å². The summed E-state index contributed by atoms with van der Waals surface area (Å²) in [5.74, 6) is 0.0559. The van der Waals surface area contributed by atoms with Gasteiger partial charge in [-0.15, -0.1) is 0 Å². The Morgan fingerprint density at radius 1 is 0.875 bits per heavy atom. The van der Waals surface area contributed by atoms with E-state index < -0.39 is 27.4 Å². The van der Waals surface area contributed by atoms with Crippen molar-refractivity contribution in [3.63, 3.8) is 0 Å². The predicted octanol–water partition coefficient (Wildman–Crippen LogP) is 4.60. The fourth-order valence-corrected chi connectivity index (χ4v) is 7.19. The molecule has 1 fully saturated rings. The van der Waals surface area contributed by atoms with Crippen molar-refractivity contribution in [1.82, 2.24) is 10.4 Å². The average molecular weight is 670 g/mol. The summed E-state index contributed by atoms with van der Waals surface area (Å²) in [6.07, 6.45) is -0.545. The lowest BCUT2D eigenvalue weighted by Gasteiger charge is -2.34. The molecule has 1 amide bonds. The monoisotopic (exact) mass is 669 g/mol. The highest BCUT2D eigenvalue weighted by Crippen LogP contribution is 2.43. The second-order valence-corrected chi connectivity index (χ2v) is 13.8. The van der Waals surface area contributed by atoms with Gasteiger partial charge in [-0.2, -0.15) is 0 Å². The minimum atomic E-state index is -3.77. The summed E-state index contributed by atoms with van der Waals surface area (Å²) in [6, 6.07) is 33.1. The maximum absolute atomic E-state index is 14.5. The van der Waals surface area contributed by atoms with E-state index in [1.807, 2.05) is 54.6 Å². The summed E-state index contributed by atoms with van der Waals surface area (Å²) >= 11 is 0. The maximum Gasteiger partial charge on any atom is 0.266 e. The molecule has 1 saturated heterocycles. The molecule has 0 radical (unpaired) electrons. The first-order valence-corrected chi connectivity index (χ1v) is 17.7. The summed E-state index contributed by atoms with van der Waals surface area (Å²) in [5.41, 5.74) is 4.72. The minimum absolute atomic E-state index is 0.0328. The van der Waals surface area contributed by atoms with Gasteiger partial charge in [0.15, 0.2) is 21.5 Å². The first kappa shape index (κ1) is 33.4. The number of hydrazine groups is 1. The lowest BCUT2D eigenvalue weighted by Crippen LogP contribution is -2.57. The first-order valence-electron chi connectivity index (χ1n) is 16.1. The van der Waals surface area contributed by atoms with Gasteiger partial charge in [-0.1, -0.05) is 72.8 Å². The summed E-state index contributed by atoms with van der Waals surface area (Å²) in [4.78, 5) is 19.7. The fraction of sp³-hybridized carbons (Fsp3) is 0.297. The molecule has 4 aromatic carbocycles. The van der Waals surface area contributed by atoms with Crippen molar-refractivity contribution < 1.29 is 32.5 Å². The number of rotatable bonds is 13. The van der Waals surface area contributed by atoms with Gasteiger partial charge in [-0.25, -0.2) is 18.4 Å². The van der Waals surface area contributed by atoms with Crippen LogP contribution in [0.15, 0.2) is 119 Å². The molecule has 2 aliphatic heterocycles. The van der Waals surface area contributed by atoms with Crippen molar-refractivity contribution in [2.75, 3.05) is 45.3 Å². The molecule has 2 aliphatic rings. The largest absolute Gasteiger partial charge is 0.494 e. The standard InChI is InChI=1S/C37H39N3O7S/c41-23-7-24-46-32-18-16-31(17-19-32)35-38-37(36(42)39-40-21-25-45-26-22-40,20-27-48(43,44)33-10-5-2-6-11-33)34(47-35)30-14-12-29(13-15-30)28-8-3-1-4-9-28/h1-6,8-19,34,41H,7,20-27H2,(H,39,42)/t34-,37-/m0/s1. The molecule has 0 unspecified atom stereocenters. The van der Waals surface area contributed by atoms with Gasteiger partial charge >= 0.3 is 0 Å². The van der Waals surface area contributed by atoms with Crippen LogP contribution in [-0.2, 0) is 24.1 Å². The van der Waals surface area contributed by atoms with Gasteiger partial charge in [0.2, 0.25) is 5.90 Å². The maximum atomic E-state index is 14.5. The zero-order valence-corrected chi connectivity index (χ0v) is 27.3. The number of ether oxygens (including phenoxy) is 3. The lowest BCUT2D eigenvalue weighted by molar-refractivity contribution is -0.136. The van der Waals surface area contributed by atoms with Gasteiger partial charge in [-0.05, 0) is 53.1 Å². The molecule has 11 heteroatoms. The number of carbonyl (C=O) groups excluding carboxylic acids is 1. The third-order valence-corrected chi connectivity index (χ3v) is 10.2. The van der Waals surface area contributed by atoms with Crippen molar-refractivity contribution >= 4 is 21.6 Å². The van der Waals surface area contributed by atoms with Crippen molar-refractivity contribution in [2.24, 2.45) is 4.99 Å². The normalized spacial score (nSPS) is 19.7. The molecule has 10 nitrogen and oxygen atoms in total. The Kier molecular flexibility index (Phi) is 10.5. The van der Waals surface area contributed by atoms with E-state index in [1.165, 1.54) is 0 Å². The van der Waals surface area contributed by atoms with E-state index in [2.05, 4.69) is 5.43 Å². The molecular weight excluding hydrogens is 630 g/mol. The van der Waals surface area contributed by atoms with Crippen LogP contribution in [0.2, 0.25) is 0 Å². The fourth-order valence-electron chi connectivity index (χ4n) is 5.80. The lowest BCUT2D eigenvalue weighted by atomic mass is 9.84. The highest BCUT2D eigenvalue weighted by atomic mass is 32.2. The molecule has 0 spiro atoms. The Morgan fingerprint density at radius 3 is 2.17 bits per heavy atom. The van der Waals surface area contributed by atoms with E-state index >= 15 is 0 Å². The van der Waals surface area contributed by atoms with Gasteiger partial charge in [-0.3, -0.25) is 10.2 Å². The minimum Gasteiger partial charge on any atom is -0.494 e. The van der Waals surface area contributed by atoms with Crippen LogP contribution in [-0.4, -0.2) is 81.1 Å². The highest BCUT2D eigenvalue weighted by molar-refractivity contribution is 7.91. The smallest absolute Gasteiger partial charge is 0.266 e. The Hall–Kier alpha value is -4.55. The molecule has 4 aromatic rings. The predicted molar refractivity (Wildman–Crippen MR) is 182 cm³/mol. The molecule has 0 bridgehead atoms. The van der Waals surface area contributed by atoms with Crippen molar-refractivity contribution in [1.29, 1.82) is 0 Å². The van der Waals surface area contributed by atoms with Crippen molar-refractivity contribution in [2.45, 2.75) is 29.4 Å². The Bertz CT molecular complexity index is 1800. The second kappa shape index (κ2) is 15.1. The van der Waals surface area contributed by atoms with E-state index in [1.54, 1.807) is 59.6 Å². The van der Waals surface area contributed by atoms with Gasteiger partial charge in [0, 0.05) is 38.1 Å². The summed E-state index contributed by atoms with van der Waals surface area (Å²) < 4.78 is 45.0. The number of aliphatic hydroxyl groups is 1. The number of aliphatic hydroxyl groups excluding tert-OH is 1. The molecule has 2 heterocycles. The van der Waals surface area contributed by atoms with Gasteiger partial charge in [0.1, 0.15) is 5.75 Å². The van der Waals surface area contributed by atoms with Crippen LogP contribution in [0.4, 0.5) is 0 Å². The summed E-state index contributed by atoms with van der Waals surface area (Å²) in [5, 5.41) is 10.9. The van der Waals surface area contributed by atoms with Crippen LogP contribution >= 0.6 is 0 Å². The van der Waals surface area contributed by atoms with E-state index in [4.69, 9.17) is 24.3 Å². The number of hydrogen-bond acceptors (Lipinski definition) is 9. The second-order valence-electron chi connectivity index (χ2n) is 11.7. The van der Waals surface area contributed by atoms with Crippen LogP contribution in [0.25, 0.3) is 11.1 Å². The first-order chi connectivity index (χ1) is 23.4. The molecule has 0 aromatic heterocycles. The highest BCUT2D eigenvalue weighted by Gasteiger charge is 2.54. The van der Waals surface area contributed by atoms with Crippen LogP contribution in [0.5, 0.6) is 5.75 Å². The molecule has 48 heavy (non-hydrogen) atoms. The number of sulfone groups is 1. The number of aliphatic imine (C=N–C) groups is 1. The Balaban J connectivity index is 1.39. The molecule has 0 saturated carbocycles. The molecule has 0 aliphatic carbocycles. The molecule has 2 N–H and O–H groups in total. The average Bonchev–Trinajstić information content (AvgIpc) is 3.53. The van der Waals surface area contributed by atoms with E-state index in [0.29, 0.717) is 56.2 Å². The third-order valence-electron chi connectivity index (χ3n) is 8.48. The van der Waals surface area contributed by atoms with E-state index in [9.17, 15) is 13.2 Å². The van der Waals surface area contributed by atoms with Gasteiger partial charge in [0.25, 0.3) is 5.91 Å². The van der Waals surface area contributed by atoms with Crippen LogP contribution in [0.3, 0.4) is 0 Å². The van der Waals surface area contributed by atoms with Gasteiger partial charge in [0.05, 0.1) is 30.5 Å². The summed E-state index contributed by atoms with van der Waals surface area (Å²) in [6.45, 7) is 2.28. The Labute approximate surface area is 280 Å². The number of benzene rings is 4. The zero-order valence-electron chi connectivity index (χ0n) is 26.5. The van der Waals surface area contributed by atoms with Gasteiger partial charge < -0.3 is 19.3 Å². The number of nitrogens with zero attached hydrogens (tertiary/aromatic N) is 2. The van der Waals surface area contributed by atoms with Crippen LogP contribution in [0.1, 0.15) is 30.1 Å². The number of carbonyl (C=O) groups is 1. The SMILES string of the molecule is O=C(NN1CCOCC1)[C@@]1(CCS(=O)(=O)c2ccccc2)N=C(c2ccc(OCCCO)cc2)O[C@H]1c1ccc(-c2ccccc2)cc1. The molecule has 6 rings (SSSR count). The van der Waals surface area contributed by atoms with Crippen molar-refractivity contribution in [3.8, 4) is 16.9 Å². The zero-order chi connectivity index (χ0) is 33.4. The number of hydrogen-bond donors (Lipinski definition) is 2. The Morgan fingerprint density at radius 2 is 1.50 bits per heavy atom. The van der Waals surface area contributed by atoms with Crippen molar-refractivity contribution in [3.05, 3.63) is 120 Å². The number of nitrogens with one attached hydrogen (secondary N) is 1. The van der Waals surface area contributed by atoms with Crippen LogP contribution in [0, 0.1) is 0 Å². The number of morpholine rings is 1. The topological polar surface area (TPSA) is 127 Å². The molecular formula is C37H39N3O7S. The molecule has 2 atom stereocenters. The summed E-state index contributed by atoms with van der Waals surface area (Å²) in [7, 11) is -3.77.